The summed E-state index contributed by atoms with van der Waals surface area (Å²) < 4.78 is 48.2. The molecule has 2 aromatic carbocycles. The van der Waals surface area contributed by atoms with Crippen molar-refractivity contribution in [2.24, 2.45) is 11.8 Å². The monoisotopic (exact) mass is 677 g/mol. The molecule has 3 heterocycles. The van der Waals surface area contributed by atoms with Crippen LogP contribution in [0.15, 0.2) is 54.6 Å². The van der Waals surface area contributed by atoms with E-state index in [1.54, 1.807) is 24.3 Å². The van der Waals surface area contributed by atoms with E-state index in [1.807, 2.05) is 11.0 Å². The fraction of sp³-hybridized carbons (Fsp3) is 0.590. The molecule has 1 amide bonds. The second-order valence-electron chi connectivity index (χ2n) is 15.0. The van der Waals surface area contributed by atoms with Crippen LogP contribution < -0.4 is 5.32 Å². The summed E-state index contributed by atoms with van der Waals surface area (Å²) in [7, 11) is 0. The molecule has 7 nitrogen and oxygen atoms in total. The Morgan fingerprint density at radius 2 is 1.67 bits per heavy atom. The largest absolute Gasteiger partial charge is 0.441 e. The van der Waals surface area contributed by atoms with Crippen LogP contribution in [0.5, 0.6) is 0 Å². The number of carbonyl (C=O) groups is 1. The second kappa shape index (κ2) is 15.1. The first-order valence-electron chi connectivity index (χ1n) is 18.0. The van der Waals surface area contributed by atoms with Crippen molar-refractivity contribution in [1.29, 1.82) is 5.26 Å². The molecule has 1 spiro atoms. The predicted molar refractivity (Wildman–Crippen MR) is 185 cm³/mol. The first kappa shape index (κ1) is 35.3. The van der Waals surface area contributed by atoms with Gasteiger partial charge in [-0.25, -0.2) is 9.18 Å². The maximum atomic E-state index is 14.3. The minimum Gasteiger partial charge on any atom is -0.441 e. The molecule has 0 aromatic heterocycles. The highest BCUT2D eigenvalue weighted by Gasteiger charge is 2.47. The van der Waals surface area contributed by atoms with E-state index < -0.39 is 17.3 Å². The third kappa shape index (κ3) is 8.61. The number of allylic oxidation sites excluding steroid dienone is 1. The van der Waals surface area contributed by atoms with Crippen LogP contribution in [0.1, 0.15) is 81.4 Å². The molecule has 1 saturated carbocycles. The van der Waals surface area contributed by atoms with Gasteiger partial charge in [0.05, 0.1) is 12.1 Å². The Labute approximate surface area is 289 Å². The molecule has 2 aromatic rings. The molecular weight excluding hydrogens is 627 g/mol. The highest BCUT2D eigenvalue weighted by atomic mass is 19.3. The lowest BCUT2D eigenvalue weighted by Crippen LogP contribution is -2.46. The summed E-state index contributed by atoms with van der Waals surface area (Å²) in [6.07, 6.45) is 9.41. The molecule has 264 valence electrons. The van der Waals surface area contributed by atoms with Gasteiger partial charge in [0.2, 0.25) is 0 Å². The van der Waals surface area contributed by atoms with Crippen molar-refractivity contribution < 1.29 is 22.7 Å². The fourth-order valence-corrected chi connectivity index (χ4v) is 8.15. The summed E-state index contributed by atoms with van der Waals surface area (Å²) in [6.45, 7) is 11.7. The molecule has 4 fully saturated rings. The molecule has 6 rings (SSSR count). The van der Waals surface area contributed by atoms with Crippen molar-refractivity contribution >= 4 is 11.8 Å². The molecule has 0 unspecified atom stereocenters. The SMILES string of the molecule is C=C(C)C(F)(F)c1ccc(CN2CCC3(CC2)CN(CC2CCC(CCN4CCC(Nc5ccc(F)c(C#N)c5)CC4)CC2)C(=O)O3)cc1. The third-order valence-corrected chi connectivity index (χ3v) is 11.4. The van der Waals surface area contributed by atoms with Gasteiger partial charge in [-0.05, 0) is 86.7 Å². The summed E-state index contributed by atoms with van der Waals surface area (Å²) in [6, 6.07) is 13.4. The smallest absolute Gasteiger partial charge is 0.410 e. The molecule has 0 bridgehead atoms. The lowest BCUT2D eigenvalue weighted by Gasteiger charge is -2.37. The fourth-order valence-electron chi connectivity index (χ4n) is 8.15. The van der Waals surface area contributed by atoms with Crippen molar-refractivity contribution in [1.82, 2.24) is 14.7 Å². The lowest BCUT2D eigenvalue weighted by atomic mass is 9.80. The number of likely N-dealkylation sites (tertiary alicyclic amines) is 2. The van der Waals surface area contributed by atoms with Gasteiger partial charge in [-0.3, -0.25) is 4.90 Å². The van der Waals surface area contributed by atoms with E-state index in [-0.39, 0.29) is 22.8 Å². The van der Waals surface area contributed by atoms with Gasteiger partial charge in [0.25, 0.3) is 5.92 Å². The molecule has 0 radical (unpaired) electrons. The molecule has 10 heteroatoms. The number of piperidine rings is 2. The standard InChI is InChI=1S/C39H50F3N5O2/c1-28(2)39(41,42)33-9-7-30(8-10-33)25-46-21-16-38(17-22-46)27-47(37(48)49-38)26-31-5-3-29(4-6-31)13-18-45-19-14-34(15-20-45)44-35-11-12-36(40)32(23-35)24-43/h7-12,23,29,31,34,44H,1,3-6,13-22,25-27H2,2H3. The Balaban J connectivity index is 0.868. The molecular formula is C39H50F3N5O2. The number of hydrogen-bond acceptors (Lipinski definition) is 6. The molecule has 1 N–H and O–H groups in total. The molecule has 4 aliphatic rings. The van der Waals surface area contributed by atoms with Gasteiger partial charge in [-0.1, -0.05) is 43.7 Å². The summed E-state index contributed by atoms with van der Waals surface area (Å²) in [5.74, 6) is -2.25. The van der Waals surface area contributed by atoms with Crippen LogP contribution >= 0.6 is 0 Å². The predicted octanol–water partition coefficient (Wildman–Crippen LogP) is 7.93. The van der Waals surface area contributed by atoms with Gasteiger partial charge in [0.15, 0.2) is 0 Å². The van der Waals surface area contributed by atoms with Crippen molar-refractivity contribution in [2.75, 3.05) is 51.1 Å². The quantitative estimate of drug-likeness (QED) is 0.244. The van der Waals surface area contributed by atoms with Gasteiger partial charge in [0, 0.05) is 69.4 Å². The van der Waals surface area contributed by atoms with Crippen molar-refractivity contribution in [3.05, 3.63) is 77.1 Å². The number of rotatable bonds is 11. The number of amides is 1. The van der Waals surface area contributed by atoms with Crippen LogP contribution in [0.3, 0.4) is 0 Å². The van der Waals surface area contributed by atoms with E-state index in [9.17, 15) is 18.0 Å². The average molecular weight is 678 g/mol. The number of nitrogens with zero attached hydrogens (tertiary/aromatic N) is 4. The van der Waals surface area contributed by atoms with Crippen LogP contribution in [0.4, 0.5) is 23.7 Å². The number of ether oxygens (including phenoxy) is 1. The summed E-state index contributed by atoms with van der Waals surface area (Å²) in [5.41, 5.74) is 1.27. The number of halogens is 3. The Morgan fingerprint density at radius 1 is 1.00 bits per heavy atom. The van der Waals surface area contributed by atoms with Gasteiger partial charge in [-0.2, -0.15) is 14.0 Å². The molecule has 49 heavy (non-hydrogen) atoms. The molecule has 3 saturated heterocycles. The first-order valence-corrected chi connectivity index (χ1v) is 18.0. The summed E-state index contributed by atoms with van der Waals surface area (Å²) in [5, 5.41) is 12.6. The highest BCUT2D eigenvalue weighted by Crippen LogP contribution is 2.38. The number of carbonyl (C=O) groups excluding carboxylic acids is 1. The van der Waals surface area contributed by atoms with Gasteiger partial charge < -0.3 is 19.9 Å². The Kier molecular flexibility index (Phi) is 10.9. The lowest BCUT2D eigenvalue weighted by molar-refractivity contribution is -0.00132. The Morgan fingerprint density at radius 3 is 2.33 bits per heavy atom. The topological polar surface area (TPSA) is 71.8 Å². The van der Waals surface area contributed by atoms with Crippen molar-refractivity contribution in [3.63, 3.8) is 0 Å². The highest BCUT2D eigenvalue weighted by molar-refractivity contribution is 5.70. The van der Waals surface area contributed by atoms with Gasteiger partial charge >= 0.3 is 6.09 Å². The van der Waals surface area contributed by atoms with Crippen molar-refractivity contribution in [2.45, 2.75) is 88.8 Å². The summed E-state index contributed by atoms with van der Waals surface area (Å²) in [4.78, 5) is 19.8. The number of alkyl halides is 2. The van der Waals surface area contributed by atoms with Crippen LogP contribution in [-0.4, -0.2) is 78.2 Å². The zero-order valence-electron chi connectivity index (χ0n) is 28.7. The zero-order chi connectivity index (χ0) is 34.6. The average Bonchev–Trinajstić information content (AvgIpc) is 3.40. The van der Waals surface area contributed by atoms with Crippen LogP contribution in [0.25, 0.3) is 0 Å². The Bertz CT molecular complexity index is 1500. The van der Waals surface area contributed by atoms with E-state index in [2.05, 4.69) is 21.7 Å². The van der Waals surface area contributed by atoms with Crippen molar-refractivity contribution in [3.8, 4) is 6.07 Å². The summed E-state index contributed by atoms with van der Waals surface area (Å²) >= 11 is 0. The maximum Gasteiger partial charge on any atom is 0.410 e. The minimum absolute atomic E-state index is 0.0312. The van der Waals surface area contributed by atoms with Crippen LogP contribution in [0, 0.1) is 29.0 Å². The van der Waals surface area contributed by atoms with E-state index in [0.29, 0.717) is 25.0 Å². The Hall–Kier alpha value is -3.55. The van der Waals surface area contributed by atoms with E-state index in [4.69, 9.17) is 10.00 Å². The van der Waals surface area contributed by atoms with E-state index in [0.717, 1.165) is 95.0 Å². The van der Waals surface area contributed by atoms with Gasteiger partial charge in [0.1, 0.15) is 17.5 Å². The van der Waals surface area contributed by atoms with E-state index in [1.165, 1.54) is 44.4 Å². The van der Waals surface area contributed by atoms with E-state index >= 15 is 0 Å². The minimum atomic E-state index is -3.02. The van der Waals surface area contributed by atoms with Crippen LogP contribution in [-0.2, 0) is 17.2 Å². The number of benzene rings is 2. The first-order chi connectivity index (χ1) is 23.5. The molecule has 0 atom stereocenters. The second-order valence-corrected chi connectivity index (χ2v) is 15.0. The van der Waals surface area contributed by atoms with Gasteiger partial charge in [-0.15, -0.1) is 0 Å². The molecule has 1 aliphatic carbocycles. The third-order valence-electron chi connectivity index (χ3n) is 11.4. The number of nitrogens with one attached hydrogen (secondary N) is 1. The number of hydrogen-bond donors (Lipinski definition) is 1. The zero-order valence-corrected chi connectivity index (χ0v) is 28.7. The maximum absolute atomic E-state index is 14.3. The molecule has 3 aliphatic heterocycles. The number of nitriles is 1. The van der Waals surface area contributed by atoms with Crippen LogP contribution in [0.2, 0.25) is 0 Å². The normalized spacial score (nSPS) is 23.7. The number of anilines is 1.